The highest BCUT2D eigenvalue weighted by molar-refractivity contribution is 5.35. The number of aromatic nitrogens is 2. The second-order valence-electron chi connectivity index (χ2n) is 4.06. The summed E-state index contributed by atoms with van der Waals surface area (Å²) in [5, 5.41) is 37.4. The van der Waals surface area contributed by atoms with Crippen molar-refractivity contribution in [1.82, 2.24) is 9.55 Å². The van der Waals surface area contributed by atoms with Gasteiger partial charge in [0.2, 0.25) is 0 Å². The maximum absolute atomic E-state index is 11.7. The Morgan fingerprint density at radius 2 is 2.21 bits per heavy atom. The van der Waals surface area contributed by atoms with E-state index in [0.29, 0.717) is 0 Å². The zero-order valence-electron chi connectivity index (χ0n) is 9.67. The predicted molar refractivity (Wildman–Crippen MR) is 60.6 cm³/mol. The highest BCUT2D eigenvalue weighted by Gasteiger charge is 2.44. The van der Waals surface area contributed by atoms with E-state index in [0.717, 1.165) is 10.6 Å². The molecule has 2 rings (SSSR count). The number of anilines is 1. The summed E-state index contributed by atoms with van der Waals surface area (Å²) in [5.41, 5.74) is 4.31. The van der Waals surface area contributed by atoms with Crippen molar-refractivity contribution in [1.29, 1.82) is 5.26 Å². The second-order valence-corrected chi connectivity index (χ2v) is 4.06. The summed E-state index contributed by atoms with van der Waals surface area (Å²) in [6.45, 7) is -0.534. The average molecular weight is 268 g/mol. The van der Waals surface area contributed by atoms with Crippen molar-refractivity contribution >= 4 is 5.82 Å². The molecule has 19 heavy (non-hydrogen) atoms. The Hall–Kier alpha value is -1.99. The minimum Gasteiger partial charge on any atom is -0.394 e. The normalized spacial score (nSPS) is 30.2. The molecule has 1 aromatic heterocycles. The molecule has 0 saturated carbocycles. The largest absolute Gasteiger partial charge is 0.394 e. The third-order valence-electron chi connectivity index (χ3n) is 2.86. The van der Waals surface area contributed by atoms with E-state index < -0.39 is 36.8 Å². The Kier molecular flexibility index (Phi) is 3.50. The van der Waals surface area contributed by atoms with Gasteiger partial charge in [-0.3, -0.25) is 4.57 Å². The van der Waals surface area contributed by atoms with Gasteiger partial charge >= 0.3 is 5.69 Å². The Morgan fingerprint density at radius 1 is 1.53 bits per heavy atom. The molecule has 9 nitrogen and oxygen atoms in total. The molecular weight excluding hydrogens is 256 g/mol. The van der Waals surface area contributed by atoms with E-state index in [1.54, 1.807) is 6.07 Å². The van der Waals surface area contributed by atoms with Crippen LogP contribution in [0.1, 0.15) is 11.9 Å². The molecule has 0 amide bonds. The van der Waals surface area contributed by atoms with Crippen LogP contribution in [0.5, 0.6) is 0 Å². The average Bonchev–Trinajstić information content (AvgIpc) is 2.65. The summed E-state index contributed by atoms with van der Waals surface area (Å²) in [6.07, 6.45) is -5.18. The van der Waals surface area contributed by atoms with Crippen molar-refractivity contribution < 1.29 is 20.1 Å². The van der Waals surface area contributed by atoms with E-state index in [1.165, 1.54) is 0 Å². The molecule has 0 aromatic carbocycles. The van der Waals surface area contributed by atoms with Crippen LogP contribution in [-0.4, -0.2) is 49.8 Å². The summed E-state index contributed by atoms with van der Waals surface area (Å²) in [7, 11) is 0. The number of nitrogens with zero attached hydrogens (tertiary/aromatic N) is 3. The first-order valence-electron chi connectivity index (χ1n) is 5.41. The Morgan fingerprint density at radius 3 is 2.74 bits per heavy atom. The van der Waals surface area contributed by atoms with Crippen molar-refractivity contribution in [2.75, 3.05) is 12.3 Å². The monoisotopic (exact) mass is 268 g/mol. The highest BCUT2D eigenvalue weighted by atomic mass is 16.6. The first kappa shape index (κ1) is 13.4. The highest BCUT2D eigenvalue weighted by Crippen LogP contribution is 2.29. The number of aliphatic hydroxyl groups is 3. The van der Waals surface area contributed by atoms with E-state index in [4.69, 9.17) is 20.8 Å². The first-order valence-corrected chi connectivity index (χ1v) is 5.41. The molecule has 1 aliphatic rings. The smallest absolute Gasteiger partial charge is 0.352 e. The van der Waals surface area contributed by atoms with Gasteiger partial charge in [0.05, 0.1) is 6.61 Å². The molecule has 4 atom stereocenters. The number of rotatable bonds is 2. The lowest BCUT2D eigenvalue weighted by Gasteiger charge is -2.18. The minimum atomic E-state index is -1.47. The van der Waals surface area contributed by atoms with Crippen LogP contribution in [0.3, 0.4) is 0 Å². The van der Waals surface area contributed by atoms with Gasteiger partial charge in [0.15, 0.2) is 6.23 Å². The molecule has 1 aromatic rings. The third-order valence-corrected chi connectivity index (χ3v) is 2.86. The fourth-order valence-corrected chi connectivity index (χ4v) is 1.93. The number of ether oxygens (including phenoxy) is 1. The molecule has 2 heterocycles. The summed E-state index contributed by atoms with van der Waals surface area (Å²) in [5.74, 6) is -0.135. The van der Waals surface area contributed by atoms with E-state index in [-0.39, 0.29) is 11.5 Å². The van der Waals surface area contributed by atoms with Gasteiger partial charge in [-0.25, -0.2) is 4.79 Å². The lowest BCUT2D eigenvalue weighted by Crippen LogP contribution is -2.37. The molecule has 0 spiro atoms. The van der Waals surface area contributed by atoms with Gasteiger partial charge in [-0.05, 0) is 0 Å². The number of nitrogen functional groups attached to an aromatic ring is 1. The molecule has 9 heteroatoms. The maximum Gasteiger partial charge on any atom is 0.352 e. The van der Waals surface area contributed by atoms with Gasteiger partial charge in [0.25, 0.3) is 0 Å². The third kappa shape index (κ3) is 2.18. The van der Waals surface area contributed by atoms with Gasteiger partial charge in [0.1, 0.15) is 35.9 Å². The van der Waals surface area contributed by atoms with Crippen molar-refractivity contribution in [2.45, 2.75) is 24.5 Å². The lowest BCUT2D eigenvalue weighted by molar-refractivity contribution is -0.0553. The molecule has 102 valence electrons. The van der Waals surface area contributed by atoms with Gasteiger partial charge in [-0.2, -0.15) is 10.2 Å². The summed E-state index contributed by atoms with van der Waals surface area (Å²) in [6, 6.07) is 2.88. The summed E-state index contributed by atoms with van der Waals surface area (Å²) < 4.78 is 5.96. The van der Waals surface area contributed by atoms with Crippen molar-refractivity contribution in [3.8, 4) is 6.07 Å². The van der Waals surface area contributed by atoms with E-state index in [2.05, 4.69) is 4.98 Å². The number of nitriles is 1. The molecule has 1 fully saturated rings. The van der Waals surface area contributed by atoms with Crippen LogP contribution in [-0.2, 0) is 4.74 Å². The number of hydrogen-bond donors (Lipinski definition) is 4. The summed E-state index contributed by atoms with van der Waals surface area (Å²) in [4.78, 5) is 15.2. The first-order chi connectivity index (χ1) is 8.99. The Balaban J connectivity index is 2.49. The van der Waals surface area contributed by atoms with Crippen LogP contribution in [0.25, 0.3) is 0 Å². The van der Waals surface area contributed by atoms with Gasteiger partial charge < -0.3 is 25.8 Å². The van der Waals surface area contributed by atoms with E-state index in [1.807, 2.05) is 0 Å². The minimum absolute atomic E-state index is 0.135. The SMILES string of the molecule is N#Cc1cc(N)nc(=O)n1[C@@H]1O[C@H](CO)[C@@H](O)[C@H]1O. The van der Waals surface area contributed by atoms with E-state index >= 15 is 0 Å². The van der Waals surface area contributed by atoms with Crippen molar-refractivity contribution in [3.63, 3.8) is 0 Å². The number of hydrogen-bond acceptors (Lipinski definition) is 8. The van der Waals surface area contributed by atoms with Crippen LogP contribution < -0.4 is 11.4 Å². The molecule has 1 saturated heterocycles. The number of aliphatic hydroxyl groups excluding tert-OH is 3. The molecular formula is C10H12N4O5. The lowest BCUT2D eigenvalue weighted by atomic mass is 10.1. The predicted octanol–water partition coefficient (Wildman–Crippen LogP) is -2.69. The Labute approximate surface area is 107 Å². The summed E-state index contributed by atoms with van der Waals surface area (Å²) >= 11 is 0. The van der Waals surface area contributed by atoms with Crippen LogP contribution in [0, 0.1) is 11.3 Å². The van der Waals surface area contributed by atoms with Crippen molar-refractivity contribution in [2.24, 2.45) is 0 Å². The zero-order valence-corrected chi connectivity index (χ0v) is 9.67. The standard InChI is InChI=1S/C10H12N4O5/c11-2-4-1-6(12)13-10(18)14(4)9-8(17)7(16)5(3-15)19-9/h1,5,7-9,15-17H,3H2,(H2,12,13,18)/t5-,7-,8-,9-/m1/s1. The fraction of sp³-hybridized carbons (Fsp3) is 0.500. The molecule has 5 N–H and O–H groups in total. The molecule has 0 aliphatic carbocycles. The fourth-order valence-electron chi connectivity index (χ4n) is 1.93. The van der Waals surface area contributed by atoms with Crippen LogP contribution >= 0.6 is 0 Å². The van der Waals surface area contributed by atoms with Crippen LogP contribution in [0.4, 0.5) is 5.82 Å². The Bertz CT molecular complexity index is 580. The van der Waals surface area contributed by atoms with Crippen molar-refractivity contribution in [3.05, 3.63) is 22.2 Å². The topological polar surface area (TPSA) is 155 Å². The van der Waals surface area contributed by atoms with Gasteiger partial charge in [-0.1, -0.05) is 0 Å². The van der Waals surface area contributed by atoms with Gasteiger partial charge in [0, 0.05) is 6.07 Å². The van der Waals surface area contributed by atoms with Crippen LogP contribution in [0.15, 0.2) is 10.9 Å². The number of nitrogens with two attached hydrogens (primary N) is 1. The van der Waals surface area contributed by atoms with Gasteiger partial charge in [-0.15, -0.1) is 0 Å². The quantitative estimate of drug-likeness (QED) is 0.452. The molecule has 0 unspecified atom stereocenters. The zero-order chi connectivity index (χ0) is 14.2. The molecule has 0 bridgehead atoms. The van der Waals surface area contributed by atoms with E-state index in [9.17, 15) is 15.0 Å². The second kappa shape index (κ2) is 4.94. The molecule has 1 aliphatic heterocycles. The maximum atomic E-state index is 11.7. The van der Waals surface area contributed by atoms with Crippen LogP contribution in [0.2, 0.25) is 0 Å². The molecule has 0 radical (unpaired) electrons.